The Hall–Kier alpha value is -0.0800. The van der Waals surface area contributed by atoms with Crippen molar-refractivity contribution in [2.24, 2.45) is 10.8 Å². The zero-order chi connectivity index (χ0) is 10.8. The van der Waals surface area contributed by atoms with E-state index in [1.54, 1.807) is 7.11 Å². The molecular weight excluding hydrogens is 176 g/mol. The largest absolute Gasteiger partial charge is 0.393 e. The van der Waals surface area contributed by atoms with Crippen molar-refractivity contribution in [2.75, 3.05) is 13.7 Å². The van der Waals surface area contributed by atoms with E-state index in [9.17, 15) is 5.11 Å². The van der Waals surface area contributed by atoms with Crippen LogP contribution in [0.3, 0.4) is 0 Å². The van der Waals surface area contributed by atoms with Gasteiger partial charge in [0.25, 0.3) is 0 Å². The molecule has 0 saturated heterocycles. The first-order chi connectivity index (χ1) is 6.41. The van der Waals surface area contributed by atoms with Crippen LogP contribution in [0.25, 0.3) is 0 Å². The molecule has 2 heteroatoms. The van der Waals surface area contributed by atoms with Crippen LogP contribution >= 0.6 is 0 Å². The second-order valence-electron chi connectivity index (χ2n) is 5.69. The van der Waals surface area contributed by atoms with Crippen LogP contribution in [0.15, 0.2) is 0 Å². The van der Waals surface area contributed by atoms with Crippen molar-refractivity contribution in [2.45, 2.75) is 52.6 Å². The summed E-state index contributed by atoms with van der Waals surface area (Å²) in [6.45, 7) is 7.67. The van der Waals surface area contributed by atoms with Crippen molar-refractivity contribution >= 4 is 0 Å². The van der Waals surface area contributed by atoms with Gasteiger partial charge in [-0.25, -0.2) is 0 Å². The van der Waals surface area contributed by atoms with E-state index in [1.807, 2.05) is 0 Å². The molecule has 0 aromatic carbocycles. The molecule has 1 fully saturated rings. The summed E-state index contributed by atoms with van der Waals surface area (Å²) in [6, 6.07) is 0. The van der Waals surface area contributed by atoms with Gasteiger partial charge in [-0.15, -0.1) is 0 Å². The van der Waals surface area contributed by atoms with Crippen molar-refractivity contribution in [3.05, 3.63) is 0 Å². The topological polar surface area (TPSA) is 29.5 Å². The molecule has 0 atom stereocenters. The fourth-order valence-corrected chi connectivity index (χ4v) is 2.54. The van der Waals surface area contributed by atoms with Crippen molar-refractivity contribution in [3.8, 4) is 0 Å². The van der Waals surface area contributed by atoms with E-state index in [0.29, 0.717) is 0 Å². The molecule has 0 bridgehead atoms. The third kappa shape index (κ3) is 2.29. The molecule has 1 aliphatic rings. The third-order valence-electron chi connectivity index (χ3n) is 3.92. The fourth-order valence-electron chi connectivity index (χ4n) is 2.54. The molecule has 1 rings (SSSR count). The average Bonchev–Trinajstić information content (AvgIpc) is 2.07. The number of aliphatic hydroxyl groups is 1. The summed E-state index contributed by atoms with van der Waals surface area (Å²) in [5, 5.41) is 9.53. The number of aliphatic hydroxyl groups excluding tert-OH is 1. The maximum Gasteiger partial charge on any atom is 0.0540 e. The van der Waals surface area contributed by atoms with Gasteiger partial charge in [0, 0.05) is 7.11 Å². The van der Waals surface area contributed by atoms with Crippen molar-refractivity contribution in [1.29, 1.82) is 0 Å². The molecule has 1 saturated carbocycles. The second kappa shape index (κ2) is 4.19. The van der Waals surface area contributed by atoms with E-state index in [1.165, 1.54) is 0 Å². The Morgan fingerprint density at radius 3 is 2.14 bits per heavy atom. The summed E-state index contributed by atoms with van der Waals surface area (Å²) in [7, 11) is 1.78. The zero-order valence-corrected chi connectivity index (χ0v) is 9.97. The first-order valence-corrected chi connectivity index (χ1v) is 5.58. The number of hydrogen-bond acceptors (Lipinski definition) is 2. The lowest BCUT2D eigenvalue weighted by atomic mass is 9.59. The van der Waals surface area contributed by atoms with E-state index in [-0.39, 0.29) is 16.9 Å². The lowest BCUT2D eigenvalue weighted by Gasteiger charge is -2.48. The number of hydrogen-bond donors (Lipinski definition) is 1. The summed E-state index contributed by atoms with van der Waals surface area (Å²) < 4.78 is 5.36. The van der Waals surface area contributed by atoms with Crippen molar-refractivity contribution < 1.29 is 9.84 Å². The Bertz CT molecular complexity index is 173. The zero-order valence-electron chi connectivity index (χ0n) is 9.97. The summed E-state index contributed by atoms with van der Waals surface area (Å²) >= 11 is 0. The van der Waals surface area contributed by atoms with Crippen LogP contribution in [0.5, 0.6) is 0 Å². The molecule has 2 nitrogen and oxygen atoms in total. The molecule has 0 radical (unpaired) electrons. The smallest absolute Gasteiger partial charge is 0.0540 e. The van der Waals surface area contributed by atoms with Crippen LogP contribution in [0.4, 0.5) is 0 Å². The van der Waals surface area contributed by atoms with Crippen LogP contribution in [-0.2, 0) is 4.74 Å². The molecule has 1 aliphatic carbocycles. The Morgan fingerprint density at radius 1 is 1.29 bits per heavy atom. The molecule has 0 aromatic heterocycles. The van der Waals surface area contributed by atoms with Gasteiger partial charge < -0.3 is 9.84 Å². The van der Waals surface area contributed by atoms with Gasteiger partial charge in [-0.1, -0.05) is 20.8 Å². The van der Waals surface area contributed by atoms with Gasteiger partial charge in [-0.3, -0.25) is 0 Å². The Balaban J connectivity index is 2.73. The lowest BCUT2D eigenvalue weighted by Crippen LogP contribution is -2.43. The number of ether oxygens (including phenoxy) is 1. The first kappa shape index (κ1) is 12.0. The molecule has 0 aromatic rings. The molecule has 1 N–H and O–H groups in total. The highest BCUT2D eigenvalue weighted by molar-refractivity contribution is 4.94. The third-order valence-corrected chi connectivity index (χ3v) is 3.92. The molecule has 0 amide bonds. The maximum atomic E-state index is 9.53. The highest BCUT2D eigenvalue weighted by atomic mass is 16.5. The SMILES string of the molecule is COCC1(C(C)(C)C)CCC(O)CC1. The Morgan fingerprint density at radius 2 is 1.79 bits per heavy atom. The average molecular weight is 200 g/mol. The minimum Gasteiger partial charge on any atom is -0.393 e. The van der Waals surface area contributed by atoms with Crippen LogP contribution in [0.1, 0.15) is 46.5 Å². The first-order valence-electron chi connectivity index (χ1n) is 5.58. The molecule has 0 aliphatic heterocycles. The van der Waals surface area contributed by atoms with Crippen LogP contribution < -0.4 is 0 Å². The monoisotopic (exact) mass is 200 g/mol. The molecule has 14 heavy (non-hydrogen) atoms. The summed E-state index contributed by atoms with van der Waals surface area (Å²) in [5.74, 6) is 0. The molecule has 0 spiro atoms. The quantitative estimate of drug-likeness (QED) is 0.742. The summed E-state index contributed by atoms with van der Waals surface area (Å²) in [6.07, 6.45) is 3.96. The van der Waals surface area contributed by atoms with Gasteiger partial charge in [0.1, 0.15) is 0 Å². The van der Waals surface area contributed by atoms with Crippen LogP contribution in [0, 0.1) is 10.8 Å². The van der Waals surface area contributed by atoms with E-state index in [2.05, 4.69) is 20.8 Å². The van der Waals surface area contributed by atoms with Crippen molar-refractivity contribution in [1.82, 2.24) is 0 Å². The van der Waals surface area contributed by atoms with Gasteiger partial charge in [0.05, 0.1) is 12.7 Å². The Kier molecular flexibility index (Phi) is 3.59. The van der Waals surface area contributed by atoms with Gasteiger partial charge in [-0.05, 0) is 36.5 Å². The number of methoxy groups -OCH3 is 1. The predicted octanol–water partition coefficient (Wildman–Crippen LogP) is 2.60. The van der Waals surface area contributed by atoms with Crippen LogP contribution in [0.2, 0.25) is 0 Å². The lowest BCUT2D eigenvalue weighted by molar-refractivity contribution is -0.0597. The maximum absolute atomic E-state index is 9.53. The van der Waals surface area contributed by atoms with E-state index in [4.69, 9.17) is 4.74 Å². The minimum absolute atomic E-state index is 0.0812. The fraction of sp³-hybridized carbons (Fsp3) is 1.00. The Labute approximate surface area is 87.7 Å². The molecule has 0 heterocycles. The van der Waals surface area contributed by atoms with Gasteiger partial charge >= 0.3 is 0 Å². The van der Waals surface area contributed by atoms with Gasteiger partial charge in [-0.2, -0.15) is 0 Å². The van der Waals surface area contributed by atoms with E-state index in [0.717, 1.165) is 32.3 Å². The normalized spacial score (nSPS) is 34.5. The molecule has 84 valence electrons. The van der Waals surface area contributed by atoms with E-state index < -0.39 is 0 Å². The van der Waals surface area contributed by atoms with Crippen molar-refractivity contribution in [3.63, 3.8) is 0 Å². The van der Waals surface area contributed by atoms with Gasteiger partial charge in [0.2, 0.25) is 0 Å². The summed E-state index contributed by atoms with van der Waals surface area (Å²) in [5.41, 5.74) is 0.532. The predicted molar refractivity (Wildman–Crippen MR) is 58.2 cm³/mol. The summed E-state index contributed by atoms with van der Waals surface area (Å²) in [4.78, 5) is 0. The highest BCUT2D eigenvalue weighted by Gasteiger charge is 2.43. The van der Waals surface area contributed by atoms with Crippen LogP contribution in [-0.4, -0.2) is 24.9 Å². The molecule has 0 unspecified atom stereocenters. The second-order valence-corrected chi connectivity index (χ2v) is 5.69. The number of rotatable bonds is 2. The van der Waals surface area contributed by atoms with Gasteiger partial charge in [0.15, 0.2) is 0 Å². The molecular formula is C12H24O2. The highest BCUT2D eigenvalue weighted by Crippen LogP contribution is 2.49. The minimum atomic E-state index is -0.0812. The van der Waals surface area contributed by atoms with E-state index >= 15 is 0 Å². The standard InChI is InChI=1S/C12H24O2/c1-11(2,3)12(9-14-4)7-5-10(13)6-8-12/h10,13H,5-9H2,1-4H3.